The van der Waals surface area contributed by atoms with E-state index in [1.54, 1.807) is 61.5 Å². The molecule has 3 atom stereocenters. The van der Waals surface area contributed by atoms with Crippen molar-refractivity contribution in [3.63, 3.8) is 0 Å². The number of fused-ring (bicyclic) bond motifs is 2. The lowest BCUT2D eigenvalue weighted by Crippen LogP contribution is -2.52. The summed E-state index contributed by atoms with van der Waals surface area (Å²) in [4.78, 5) is 70.1. The third-order valence-corrected chi connectivity index (χ3v) is 8.36. The van der Waals surface area contributed by atoms with Crippen LogP contribution in [0.3, 0.4) is 0 Å². The molecule has 5 rings (SSSR count). The molecule has 1 aliphatic heterocycles. The molecule has 42 heavy (non-hydrogen) atoms. The Bertz CT molecular complexity index is 1660. The lowest BCUT2D eigenvalue weighted by molar-refractivity contribution is -0.152. The number of hydrogen-bond acceptors (Lipinski definition) is 6. The Labute approximate surface area is 249 Å². The largest absolute Gasteiger partial charge is 0.465 e. The van der Waals surface area contributed by atoms with Crippen LogP contribution in [0.2, 0.25) is 5.02 Å². The monoisotopic (exact) mass is 583 g/mol. The van der Waals surface area contributed by atoms with Crippen molar-refractivity contribution in [3.8, 4) is 0 Å². The zero-order chi connectivity index (χ0) is 30.3. The number of ketones is 2. The first-order valence-corrected chi connectivity index (χ1v) is 14.1. The van der Waals surface area contributed by atoms with Gasteiger partial charge in [0.1, 0.15) is 11.3 Å². The number of ether oxygens (including phenoxy) is 1. The molecule has 2 amide bonds. The Morgan fingerprint density at radius 2 is 1.50 bits per heavy atom. The number of aryl methyl sites for hydroxylation is 2. The predicted octanol–water partition coefficient (Wildman–Crippen LogP) is 5.98. The Kier molecular flexibility index (Phi) is 7.73. The summed E-state index contributed by atoms with van der Waals surface area (Å²) in [6, 6.07) is 18.6. The first-order valence-electron chi connectivity index (χ1n) is 13.7. The van der Waals surface area contributed by atoms with Gasteiger partial charge in [-0.3, -0.25) is 24.0 Å². The molecule has 8 heteroatoms. The zero-order valence-corrected chi connectivity index (χ0v) is 24.5. The molecule has 1 aliphatic carbocycles. The Morgan fingerprint density at radius 3 is 2.07 bits per heavy atom. The second-order valence-corrected chi connectivity index (χ2v) is 11.2. The molecule has 1 spiro atoms. The van der Waals surface area contributed by atoms with Gasteiger partial charge in [0.15, 0.2) is 11.6 Å². The number of rotatable bonds is 7. The van der Waals surface area contributed by atoms with Crippen molar-refractivity contribution in [2.45, 2.75) is 39.5 Å². The Morgan fingerprint density at radius 1 is 0.905 bits per heavy atom. The van der Waals surface area contributed by atoms with Crippen molar-refractivity contribution in [1.29, 1.82) is 0 Å². The topological polar surface area (TPSA) is 97.8 Å². The highest BCUT2D eigenvalue weighted by atomic mass is 35.5. The van der Waals surface area contributed by atoms with E-state index < -0.39 is 40.8 Å². The fourth-order valence-electron chi connectivity index (χ4n) is 6.20. The van der Waals surface area contributed by atoms with Crippen LogP contribution in [-0.4, -0.2) is 36.0 Å². The lowest BCUT2D eigenvalue weighted by Gasteiger charge is -2.35. The normalized spacial score (nSPS) is 20.8. The van der Waals surface area contributed by atoms with Gasteiger partial charge < -0.3 is 4.74 Å². The van der Waals surface area contributed by atoms with Gasteiger partial charge in [0.05, 0.1) is 12.3 Å². The number of halogens is 1. The van der Waals surface area contributed by atoms with Crippen molar-refractivity contribution in [1.82, 2.24) is 0 Å². The molecule has 2 aliphatic rings. The van der Waals surface area contributed by atoms with Gasteiger partial charge in [0, 0.05) is 41.0 Å². The van der Waals surface area contributed by atoms with Crippen LogP contribution in [0, 0.1) is 25.7 Å². The van der Waals surface area contributed by atoms with Crippen molar-refractivity contribution in [2.75, 3.05) is 11.5 Å². The van der Waals surface area contributed by atoms with Crippen molar-refractivity contribution < 1.29 is 28.7 Å². The van der Waals surface area contributed by atoms with E-state index in [-0.39, 0.29) is 35.1 Å². The van der Waals surface area contributed by atoms with Crippen LogP contribution in [0.15, 0.2) is 78.4 Å². The summed E-state index contributed by atoms with van der Waals surface area (Å²) >= 11 is 6.31. The summed E-state index contributed by atoms with van der Waals surface area (Å²) in [5.41, 5.74) is 1.51. The quantitative estimate of drug-likeness (QED) is 0.251. The van der Waals surface area contributed by atoms with Gasteiger partial charge in [0.2, 0.25) is 11.8 Å². The number of anilines is 1. The molecule has 7 nitrogen and oxygen atoms in total. The van der Waals surface area contributed by atoms with Gasteiger partial charge in [0.25, 0.3) is 0 Å². The molecule has 214 valence electrons. The highest BCUT2D eigenvalue weighted by Crippen LogP contribution is 2.59. The fraction of sp³-hybridized carbons (Fsp3) is 0.265. The van der Waals surface area contributed by atoms with Crippen LogP contribution < -0.4 is 4.90 Å². The van der Waals surface area contributed by atoms with Gasteiger partial charge in [-0.1, -0.05) is 83.4 Å². The second kappa shape index (κ2) is 11.1. The number of allylic oxidation sites excluding steroid dienone is 1. The van der Waals surface area contributed by atoms with E-state index in [4.69, 9.17) is 16.3 Å². The fourth-order valence-corrected chi connectivity index (χ4v) is 6.36. The predicted molar refractivity (Wildman–Crippen MR) is 159 cm³/mol. The van der Waals surface area contributed by atoms with Crippen molar-refractivity contribution >= 4 is 46.6 Å². The number of imide groups is 1. The molecule has 3 aromatic carbocycles. The number of carbonyl (C=O) groups excluding carboxylic acids is 5. The van der Waals surface area contributed by atoms with Gasteiger partial charge >= 0.3 is 5.97 Å². The van der Waals surface area contributed by atoms with E-state index in [9.17, 15) is 24.0 Å². The maximum atomic E-state index is 14.6. The zero-order valence-electron chi connectivity index (χ0n) is 23.8. The summed E-state index contributed by atoms with van der Waals surface area (Å²) in [5.74, 6) is -5.14. The number of carbonyl (C=O) groups is 5. The summed E-state index contributed by atoms with van der Waals surface area (Å²) < 4.78 is 5.48. The molecule has 0 aromatic heterocycles. The van der Waals surface area contributed by atoms with Gasteiger partial charge in [-0.25, -0.2) is 4.90 Å². The minimum Gasteiger partial charge on any atom is -0.465 e. The molecular formula is C34H30ClNO6. The third kappa shape index (κ3) is 4.68. The van der Waals surface area contributed by atoms with Gasteiger partial charge in [-0.15, -0.1) is 0 Å². The maximum Gasteiger partial charge on any atom is 0.315 e. The van der Waals surface area contributed by atoms with Crippen molar-refractivity contribution in [2.24, 2.45) is 11.8 Å². The van der Waals surface area contributed by atoms with Crippen LogP contribution >= 0.6 is 11.6 Å². The average Bonchev–Trinajstić information content (AvgIpc) is 3.41. The highest BCUT2D eigenvalue weighted by molar-refractivity contribution is 6.32. The molecule has 0 saturated carbocycles. The molecule has 0 radical (unpaired) electrons. The van der Waals surface area contributed by atoms with E-state index in [2.05, 4.69) is 0 Å². The molecule has 0 N–H and O–H groups in total. The standard InChI is InChI=1S/C34H30ClNO6/c1-5-42-32(40)30-26(31(39)23-12-8-20(3)9-13-23)16-24(17-29(38)22-10-6-19(2)7-11-22)34(30)27-15-14-25(35)18-28(27)36(21(4)37)33(34)41/h6-16,18,24,30H,5,17H2,1-4H3/t24-,30?,34-/m0/s1. The Balaban J connectivity index is 1.75. The summed E-state index contributed by atoms with van der Waals surface area (Å²) in [6.45, 7) is 6.68. The molecule has 0 fully saturated rings. The number of esters is 1. The lowest BCUT2D eigenvalue weighted by atomic mass is 9.64. The van der Waals surface area contributed by atoms with Gasteiger partial charge in [-0.05, 0) is 38.5 Å². The molecular weight excluding hydrogens is 554 g/mol. The number of Topliss-reactive ketones (excluding diaryl/α,β-unsaturated/α-hetero) is 2. The molecule has 3 aromatic rings. The average molecular weight is 584 g/mol. The van der Waals surface area contributed by atoms with E-state index in [1.165, 1.54) is 13.0 Å². The van der Waals surface area contributed by atoms with Crippen LogP contribution in [0.5, 0.6) is 0 Å². The SMILES string of the molecule is CCOC(=O)C1C(C(=O)c2ccc(C)cc2)=C[C@@H](CC(=O)c2ccc(C)cc2)[C@@]12C(=O)N(C(C)=O)c1cc(Cl)ccc12. The summed E-state index contributed by atoms with van der Waals surface area (Å²) in [5, 5.41) is 0.284. The van der Waals surface area contributed by atoms with Crippen LogP contribution in [0.4, 0.5) is 5.69 Å². The molecule has 1 unspecified atom stereocenters. The summed E-state index contributed by atoms with van der Waals surface area (Å²) in [7, 11) is 0. The minimum atomic E-state index is -1.78. The first kappa shape index (κ1) is 29.1. The molecule has 1 heterocycles. The number of benzene rings is 3. The first-order chi connectivity index (χ1) is 20.0. The number of hydrogen-bond donors (Lipinski definition) is 0. The number of nitrogens with zero attached hydrogens (tertiary/aromatic N) is 1. The van der Waals surface area contributed by atoms with Crippen LogP contribution in [0.1, 0.15) is 57.7 Å². The molecule has 0 bridgehead atoms. The van der Waals surface area contributed by atoms with E-state index in [1.807, 2.05) is 26.0 Å². The number of amides is 2. The van der Waals surface area contributed by atoms with E-state index in [0.717, 1.165) is 16.0 Å². The van der Waals surface area contributed by atoms with E-state index >= 15 is 0 Å². The molecule has 0 saturated heterocycles. The van der Waals surface area contributed by atoms with E-state index in [0.29, 0.717) is 16.7 Å². The third-order valence-electron chi connectivity index (χ3n) is 8.13. The minimum absolute atomic E-state index is 0.00245. The van der Waals surface area contributed by atoms with Crippen molar-refractivity contribution in [3.05, 3.63) is 111 Å². The van der Waals surface area contributed by atoms with Crippen LogP contribution in [0.25, 0.3) is 0 Å². The summed E-state index contributed by atoms with van der Waals surface area (Å²) in [6.07, 6.45) is 1.37. The van der Waals surface area contributed by atoms with Gasteiger partial charge in [-0.2, -0.15) is 0 Å². The Hall–Kier alpha value is -4.36. The smallest absolute Gasteiger partial charge is 0.315 e. The second-order valence-electron chi connectivity index (χ2n) is 10.8. The van der Waals surface area contributed by atoms with Crippen LogP contribution in [-0.2, 0) is 24.5 Å². The highest BCUT2D eigenvalue weighted by Gasteiger charge is 2.67. The maximum absolute atomic E-state index is 14.6.